The summed E-state index contributed by atoms with van der Waals surface area (Å²) in [5.74, 6) is 0.329. The van der Waals surface area contributed by atoms with Crippen LogP contribution in [0.1, 0.15) is 98.3 Å². The second-order valence-electron chi connectivity index (χ2n) is 8.10. The first-order valence-electron chi connectivity index (χ1n) is 13.0. The molecule has 0 aromatic carbocycles. The third-order valence-electron chi connectivity index (χ3n) is 5.31. The summed E-state index contributed by atoms with van der Waals surface area (Å²) in [6.45, 7) is 18.3. The summed E-state index contributed by atoms with van der Waals surface area (Å²) in [7, 11) is 1.79. The van der Waals surface area contributed by atoms with E-state index in [-0.39, 0.29) is 75.4 Å². The predicted molar refractivity (Wildman–Crippen MR) is 148 cm³/mol. The normalized spacial score (nSPS) is 16.0. The second-order valence-corrected chi connectivity index (χ2v) is 9.04. The Labute approximate surface area is 264 Å². The number of nitrogens with two attached hydrogens (primary N) is 1. The molecule has 0 spiro atoms. The zero-order chi connectivity index (χ0) is 26.8. The number of carbonyl (C=O) groups is 2. The van der Waals surface area contributed by atoms with E-state index in [9.17, 15) is 14.7 Å². The number of amides is 2. The Morgan fingerprint density at radius 3 is 1.94 bits per heavy atom. The largest absolute Gasteiger partial charge is 1.00 e. The minimum atomic E-state index is -0.334. The fourth-order valence-electron chi connectivity index (χ4n) is 2.91. The SMILES string of the molecule is C=C.C=CCCCCN(C)C=O.CC.CC.NSC1CC1.O=C(NC1(C[O-])CC1)C1CCCC1.[K+]. The topological polar surface area (TPSA) is 98.5 Å². The first kappa shape index (κ1) is 42.4. The molecular weight excluding hydrogens is 485 g/mol. The van der Waals surface area contributed by atoms with Crippen LogP contribution in [0.15, 0.2) is 25.8 Å². The van der Waals surface area contributed by atoms with E-state index in [2.05, 4.69) is 25.1 Å². The Balaban J connectivity index is -0.000000194. The van der Waals surface area contributed by atoms with Crippen molar-refractivity contribution in [2.45, 2.75) is 109 Å². The van der Waals surface area contributed by atoms with Crippen LogP contribution in [0.2, 0.25) is 0 Å². The average Bonchev–Trinajstić information content (AvgIpc) is 3.84. The van der Waals surface area contributed by atoms with Gasteiger partial charge in [0.15, 0.2) is 0 Å². The molecule has 8 heteroatoms. The van der Waals surface area contributed by atoms with Crippen molar-refractivity contribution in [3.8, 4) is 0 Å². The van der Waals surface area contributed by atoms with E-state index < -0.39 is 0 Å². The molecule has 0 aromatic heterocycles. The Morgan fingerprint density at radius 2 is 1.63 bits per heavy atom. The minimum absolute atomic E-state index is 0. The summed E-state index contributed by atoms with van der Waals surface area (Å²) in [5.41, 5.74) is -0.334. The van der Waals surface area contributed by atoms with Crippen LogP contribution in [0.25, 0.3) is 0 Å². The number of nitrogens with zero attached hydrogens (tertiary/aromatic N) is 1. The number of hydrogen-bond acceptors (Lipinski definition) is 5. The van der Waals surface area contributed by atoms with Gasteiger partial charge in [-0.25, -0.2) is 0 Å². The monoisotopic (exact) mass is 539 g/mol. The molecular formula is C27H54KN3O3S. The van der Waals surface area contributed by atoms with Crippen molar-refractivity contribution in [1.29, 1.82) is 0 Å². The summed E-state index contributed by atoms with van der Waals surface area (Å²) in [4.78, 5) is 23.3. The fourth-order valence-corrected chi connectivity index (χ4v) is 3.32. The van der Waals surface area contributed by atoms with Crippen LogP contribution in [0.3, 0.4) is 0 Å². The van der Waals surface area contributed by atoms with Gasteiger partial charge in [0, 0.05) is 30.3 Å². The molecule has 0 bridgehead atoms. The van der Waals surface area contributed by atoms with Gasteiger partial charge in [0.1, 0.15) is 0 Å². The number of rotatable bonds is 10. The summed E-state index contributed by atoms with van der Waals surface area (Å²) in [6, 6.07) is 0. The molecule has 0 aromatic rings. The molecule has 3 aliphatic carbocycles. The van der Waals surface area contributed by atoms with Gasteiger partial charge in [-0.1, -0.05) is 58.6 Å². The summed E-state index contributed by atoms with van der Waals surface area (Å²) in [5, 5.41) is 19.6. The van der Waals surface area contributed by atoms with Crippen molar-refractivity contribution in [3.63, 3.8) is 0 Å². The average molecular weight is 540 g/mol. The first-order chi connectivity index (χ1) is 16.5. The zero-order valence-corrected chi connectivity index (χ0v) is 27.7. The van der Waals surface area contributed by atoms with Gasteiger partial charge in [0.25, 0.3) is 0 Å². The molecule has 0 saturated heterocycles. The molecule has 0 radical (unpaired) electrons. The molecule has 0 heterocycles. The fraction of sp³-hybridized carbons (Fsp3) is 0.778. The van der Waals surface area contributed by atoms with E-state index in [4.69, 9.17) is 5.14 Å². The number of allylic oxidation sites excluding steroid dienone is 1. The van der Waals surface area contributed by atoms with Gasteiger partial charge in [-0.15, -0.1) is 26.3 Å². The first-order valence-corrected chi connectivity index (χ1v) is 14.0. The molecule has 0 aliphatic heterocycles. The Hall–Kier alpha value is 0.326. The maximum absolute atomic E-state index is 11.6. The molecule has 202 valence electrons. The summed E-state index contributed by atoms with van der Waals surface area (Å²) < 4.78 is 0. The molecule has 3 N–H and O–H groups in total. The molecule has 0 atom stereocenters. The van der Waals surface area contributed by atoms with Crippen LogP contribution in [0.4, 0.5) is 0 Å². The molecule has 3 fully saturated rings. The van der Waals surface area contributed by atoms with Gasteiger partial charge in [0.2, 0.25) is 12.3 Å². The quantitative estimate of drug-likeness (QED) is 0.146. The van der Waals surface area contributed by atoms with Gasteiger partial charge in [-0.2, -0.15) is 0 Å². The van der Waals surface area contributed by atoms with Crippen LogP contribution in [-0.2, 0) is 9.59 Å². The molecule has 0 unspecified atom stereocenters. The van der Waals surface area contributed by atoms with E-state index in [1.165, 1.54) is 37.6 Å². The number of nitrogens with one attached hydrogen (secondary N) is 1. The predicted octanol–water partition coefficient (Wildman–Crippen LogP) is 2.23. The number of unbranched alkanes of at least 4 members (excludes halogenated alkanes) is 2. The van der Waals surface area contributed by atoms with Crippen molar-refractivity contribution >= 4 is 24.3 Å². The Morgan fingerprint density at radius 1 is 1.11 bits per heavy atom. The summed E-state index contributed by atoms with van der Waals surface area (Å²) in [6.07, 6.45) is 14.8. The van der Waals surface area contributed by atoms with E-state index in [0.29, 0.717) is 0 Å². The maximum atomic E-state index is 11.6. The molecule has 6 nitrogen and oxygen atoms in total. The van der Waals surface area contributed by atoms with Crippen molar-refractivity contribution < 1.29 is 66.1 Å². The van der Waals surface area contributed by atoms with Crippen LogP contribution in [0, 0.1) is 5.92 Å². The van der Waals surface area contributed by atoms with Crippen molar-refractivity contribution in [2.75, 3.05) is 20.2 Å². The van der Waals surface area contributed by atoms with Crippen molar-refractivity contribution in [1.82, 2.24) is 10.2 Å². The van der Waals surface area contributed by atoms with E-state index in [1.807, 2.05) is 33.8 Å². The van der Waals surface area contributed by atoms with Crippen LogP contribution >= 0.6 is 11.9 Å². The van der Waals surface area contributed by atoms with E-state index in [1.54, 1.807) is 11.9 Å². The van der Waals surface area contributed by atoms with E-state index in [0.717, 1.165) is 63.2 Å². The summed E-state index contributed by atoms with van der Waals surface area (Å²) >= 11 is 1.49. The molecule has 3 saturated carbocycles. The Kier molecular flexibility index (Phi) is 37.0. The number of carbonyl (C=O) groups excluding carboxylic acids is 2. The standard InChI is InChI=1S/C10H16NO2.C8H15NO.C3H7NS.2C2H6.C2H4.K/c12-7-10(5-6-10)11-9(13)8-3-1-2-4-8;1-3-4-5-6-7-9(2)8-10;4-5-3-1-2-3;3*1-2;/h8H,1-7H2,(H,11,13);3,8H,1,4-7H2,2H3;3H,1-2,4H2;2*1-2H3;1-2H2;/q-1;;;;;;+1. The van der Waals surface area contributed by atoms with Crippen LogP contribution in [-0.4, -0.2) is 48.2 Å². The molecule has 35 heavy (non-hydrogen) atoms. The van der Waals surface area contributed by atoms with E-state index >= 15 is 0 Å². The van der Waals surface area contributed by atoms with Gasteiger partial charge >= 0.3 is 51.4 Å². The van der Waals surface area contributed by atoms with Crippen molar-refractivity contribution in [3.05, 3.63) is 25.8 Å². The van der Waals surface area contributed by atoms with Gasteiger partial charge < -0.3 is 15.3 Å². The van der Waals surface area contributed by atoms with Gasteiger partial charge in [-0.05, 0) is 57.8 Å². The maximum Gasteiger partial charge on any atom is 1.00 e. The minimum Gasteiger partial charge on any atom is -0.853 e. The Bertz CT molecular complexity index is 484. The third kappa shape index (κ3) is 25.7. The molecule has 3 aliphatic rings. The van der Waals surface area contributed by atoms with Crippen molar-refractivity contribution in [2.24, 2.45) is 11.1 Å². The van der Waals surface area contributed by atoms with Crippen LogP contribution in [0.5, 0.6) is 0 Å². The second kappa shape index (κ2) is 30.5. The van der Waals surface area contributed by atoms with Gasteiger partial charge in [-0.3, -0.25) is 14.7 Å². The molecule has 3 rings (SSSR count). The van der Waals surface area contributed by atoms with Crippen LogP contribution < -0.4 is 66.9 Å². The third-order valence-corrected chi connectivity index (χ3v) is 6.17. The smallest absolute Gasteiger partial charge is 0.853 e. The zero-order valence-electron chi connectivity index (χ0n) is 23.8. The molecule has 2 amide bonds. The number of hydrogen-bond donors (Lipinski definition) is 2. The van der Waals surface area contributed by atoms with Gasteiger partial charge in [0.05, 0.1) is 0 Å².